The SMILES string of the molecule is CN=C(NCc1cccc(OCC(F)(F)F)c1)NCC1(C)CCCS1.I. The summed E-state index contributed by atoms with van der Waals surface area (Å²) in [6.45, 7) is 2.23. The van der Waals surface area contributed by atoms with Gasteiger partial charge in [0.25, 0.3) is 0 Å². The maximum atomic E-state index is 12.2. The van der Waals surface area contributed by atoms with Crippen molar-refractivity contribution in [3.8, 4) is 5.75 Å². The number of alkyl halides is 3. The molecule has 0 spiro atoms. The van der Waals surface area contributed by atoms with Crippen LogP contribution in [0.4, 0.5) is 13.2 Å². The lowest BCUT2D eigenvalue weighted by atomic mass is 10.1. The third-order valence-corrected chi connectivity index (χ3v) is 5.45. The van der Waals surface area contributed by atoms with Crippen LogP contribution in [0.2, 0.25) is 0 Å². The maximum absolute atomic E-state index is 12.2. The van der Waals surface area contributed by atoms with E-state index in [1.165, 1.54) is 24.7 Å². The Morgan fingerprint density at radius 3 is 2.73 bits per heavy atom. The van der Waals surface area contributed by atoms with E-state index in [0.717, 1.165) is 12.1 Å². The summed E-state index contributed by atoms with van der Waals surface area (Å²) in [5.41, 5.74) is 0.823. The molecular weight excluding hydrogens is 478 g/mol. The quantitative estimate of drug-likeness (QED) is 0.347. The van der Waals surface area contributed by atoms with Gasteiger partial charge in [0.1, 0.15) is 5.75 Å². The standard InChI is InChI=1S/C17H24F3N3OS.HI/c1-16(7-4-8-25-16)11-23-15(21-2)22-10-13-5-3-6-14(9-13)24-12-17(18,19)20;/h3,5-6,9H,4,7-8,10-12H2,1-2H3,(H2,21,22,23);1H. The topological polar surface area (TPSA) is 45.7 Å². The molecule has 1 fully saturated rings. The Kier molecular flexibility index (Phi) is 9.35. The molecular formula is C17H25F3IN3OS. The van der Waals surface area contributed by atoms with Crippen LogP contribution in [0.5, 0.6) is 5.75 Å². The van der Waals surface area contributed by atoms with Gasteiger partial charge in [-0.2, -0.15) is 24.9 Å². The van der Waals surface area contributed by atoms with Gasteiger partial charge in [-0.15, -0.1) is 24.0 Å². The van der Waals surface area contributed by atoms with E-state index in [-0.39, 0.29) is 34.5 Å². The van der Waals surface area contributed by atoms with Gasteiger partial charge in [0.05, 0.1) is 0 Å². The van der Waals surface area contributed by atoms with Crippen LogP contribution >= 0.6 is 35.7 Å². The number of guanidine groups is 1. The zero-order chi connectivity index (χ0) is 18.3. The summed E-state index contributed by atoms with van der Waals surface area (Å²) in [6, 6.07) is 6.62. The van der Waals surface area contributed by atoms with Crippen LogP contribution in [0.1, 0.15) is 25.3 Å². The van der Waals surface area contributed by atoms with Gasteiger partial charge in [-0.1, -0.05) is 12.1 Å². The molecule has 148 valence electrons. The van der Waals surface area contributed by atoms with Gasteiger partial charge in [0, 0.05) is 24.9 Å². The summed E-state index contributed by atoms with van der Waals surface area (Å²) in [4.78, 5) is 4.19. The van der Waals surface area contributed by atoms with Crippen molar-refractivity contribution in [3.63, 3.8) is 0 Å². The molecule has 1 heterocycles. The Morgan fingerprint density at radius 1 is 1.35 bits per heavy atom. The lowest BCUT2D eigenvalue weighted by molar-refractivity contribution is -0.153. The molecule has 0 radical (unpaired) electrons. The molecule has 2 N–H and O–H groups in total. The molecule has 1 aromatic carbocycles. The van der Waals surface area contributed by atoms with Crippen LogP contribution in [-0.2, 0) is 6.54 Å². The Balaban J connectivity index is 0.00000338. The molecule has 9 heteroatoms. The van der Waals surface area contributed by atoms with Crippen molar-refractivity contribution in [1.82, 2.24) is 10.6 Å². The molecule has 2 rings (SSSR count). The highest BCUT2D eigenvalue weighted by atomic mass is 127. The molecule has 1 aliphatic rings. The van der Waals surface area contributed by atoms with E-state index in [1.807, 2.05) is 17.8 Å². The fourth-order valence-corrected chi connectivity index (χ4v) is 3.81. The fourth-order valence-electron chi connectivity index (χ4n) is 2.56. The molecule has 0 aromatic heterocycles. The monoisotopic (exact) mass is 503 g/mol. The van der Waals surface area contributed by atoms with Crippen LogP contribution in [0.25, 0.3) is 0 Å². The smallest absolute Gasteiger partial charge is 0.422 e. The first kappa shape index (κ1) is 23.2. The summed E-state index contributed by atoms with van der Waals surface area (Å²) < 4.78 is 41.7. The van der Waals surface area contributed by atoms with Gasteiger partial charge in [0.15, 0.2) is 12.6 Å². The molecule has 1 atom stereocenters. The van der Waals surface area contributed by atoms with Gasteiger partial charge >= 0.3 is 6.18 Å². The predicted molar refractivity (Wildman–Crippen MR) is 112 cm³/mol. The van der Waals surface area contributed by atoms with E-state index in [0.29, 0.717) is 12.5 Å². The van der Waals surface area contributed by atoms with Crippen LogP contribution < -0.4 is 15.4 Å². The predicted octanol–water partition coefficient (Wildman–Crippen LogP) is 4.20. The number of benzene rings is 1. The number of hydrogen-bond acceptors (Lipinski definition) is 3. The maximum Gasteiger partial charge on any atom is 0.422 e. The first-order valence-corrected chi connectivity index (χ1v) is 9.15. The van der Waals surface area contributed by atoms with Gasteiger partial charge in [-0.3, -0.25) is 4.99 Å². The highest BCUT2D eigenvalue weighted by molar-refractivity contribution is 14.0. The molecule has 0 aliphatic carbocycles. The zero-order valence-electron chi connectivity index (χ0n) is 14.9. The Morgan fingerprint density at radius 2 is 2.12 bits per heavy atom. The molecule has 26 heavy (non-hydrogen) atoms. The number of ether oxygens (including phenoxy) is 1. The molecule has 1 saturated heterocycles. The normalized spacial score (nSPS) is 20.4. The average molecular weight is 503 g/mol. The Bertz CT molecular complexity index is 593. The van der Waals surface area contributed by atoms with E-state index in [1.54, 1.807) is 19.2 Å². The third kappa shape index (κ3) is 8.24. The van der Waals surface area contributed by atoms with E-state index in [9.17, 15) is 13.2 Å². The van der Waals surface area contributed by atoms with Gasteiger partial charge in [-0.25, -0.2) is 0 Å². The van der Waals surface area contributed by atoms with Gasteiger partial charge in [0.2, 0.25) is 0 Å². The second-order valence-corrected chi connectivity index (χ2v) is 7.92. The molecule has 1 aromatic rings. The minimum atomic E-state index is -4.34. The Hall–Kier alpha value is -0.840. The molecule has 0 amide bonds. The number of rotatable bonds is 6. The number of halogens is 4. The van der Waals surface area contributed by atoms with Gasteiger partial charge < -0.3 is 15.4 Å². The van der Waals surface area contributed by atoms with Crippen LogP contribution in [-0.4, -0.2) is 42.8 Å². The van der Waals surface area contributed by atoms with E-state index in [4.69, 9.17) is 4.74 Å². The first-order chi connectivity index (χ1) is 11.8. The minimum absolute atomic E-state index is 0. The fraction of sp³-hybridized carbons (Fsp3) is 0.588. The van der Waals surface area contributed by atoms with Crippen molar-refractivity contribution in [2.24, 2.45) is 4.99 Å². The highest BCUT2D eigenvalue weighted by Crippen LogP contribution is 2.36. The number of thioether (sulfide) groups is 1. The van der Waals surface area contributed by atoms with E-state index >= 15 is 0 Å². The van der Waals surface area contributed by atoms with Crippen molar-refractivity contribution in [3.05, 3.63) is 29.8 Å². The lowest BCUT2D eigenvalue weighted by Gasteiger charge is -2.24. The zero-order valence-corrected chi connectivity index (χ0v) is 18.0. The van der Waals surface area contributed by atoms with Crippen molar-refractivity contribution in [2.45, 2.75) is 37.2 Å². The molecule has 4 nitrogen and oxygen atoms in total. The van der Waals surface area contributed by atoms with E-state index < -0.39 is 12.8 Å². The summed E-state index contributed by atoms with van der Waals surface area (Å²) in [5, 5.41) is 6.50. The largest absolute Gasteiger partial charge is 0.484 e. The number of hydrogen-bond donors (Lipinski definition) is 2. The van der Waals surface area contributed by atoms with Crippen LogP contribution in [0.15, 0.2) is 29.3 Å². The summed E-state index contributed by atoms with van der Waals surface area (Å²) in [7, 11) is 1.70. The molecule has 0 bridgehead atoms. The second kappa shape index (κ2) is 10.5. The van der Waals surface area contributed by atoms with Crippen molar-refractivity contribution < 1.29 is 17.9 Å². The Labute approximate surface area is 173 Å². The van der Waals surface area contributed by atoms with Gasteiger partial charge in [-0.05, 0) is 43.2 Å². The van der Waals surface area contributed by atoms with Crippen molar-refractivity contribution in [2.75, 3.05) is 26.0 Å². The summed E-state index contributed by atoms with van der Waals surface area (Å²) >= 11 is 1.97. The average Bonchev–Trinajstić information content (AvgIpc) is 3.00. The summed E-state index contributed by atoms with van der Waals surface area (Å²) in [5.74, 6) is 2.07. The highest BCUT2D eigenvalue weighted by Gasteiger charge is 2.29. The summed E-state index contributed by atoms with van der Waals surface area (Å²) in [6.07, 6.45) is -1.92. The lowest BCUT2D eigenvalue weighted by Crippen LogP contribution is -2.43. The molecule has 1 unspecified atom stereocenters. The number of aliphatic imine (C=N–C) groups is 1. The van der Waals surface area contributed by atoms with Crippen molar-refractivity contribution >= 4 is 41.7 Å². The first-order valence-electron chi connectivity index (χ1n) is 8.17. The molecule has 0 saturated carbocycles. The number of nitrogens with zero attached hydrogens (tertiary/aromatic N) is 1. The van der Waals surface area contributed by atoms with Crippen LogP contribution in [0.3, 0.4) is 0 Å². The minimum Gasteiger partial charge on any atom is -0.484 e. The second-order valence-electron chi connectivity index (χ2n) is 6.23. The van der Waals surface area contributed by atoms with Crippen molar-refractivity contribution in [1.29, 1.82) is 0 Å². The van der Waals surface area contributed by atoms with Crippen LogP contribution in [0, 0.1) is 0 Å². The third-order valence-electron chi connectivity index (χ3n) is 3.91. The number of nitrogens with one attached hydrogen (secondary N) is 2. The molecule has 1 aliphatic heterocycles. The van der Waals surface area contributed by atoms with E-state index in [2.05, 4.69) is 22.5 Å².